The predicted octanol–water partition coefficient (Wildman–Crippen LogP) is 3.65. The lowest BCUT2D eigenvalue weighted by Crippen LogP contribution is -2.53. The van der Waals surface area contributed by atoms with Gasteiger partial charge in [0, 0.05) is 43.3 Å². The zero-order valence-corrected chi connectivity index (χ0v) is 15.4. The lowest BCUT2D eigenvalue weighted by molar-refractivity contribution is -0.151. The second-order valence-electron chi connectivity index (χ2n) is 8.43. The fourth-order valence-electron chi connectivity index (χ4n) is 4.88. The standard InChI is InChI=1S/C21H26F2N2O2/c22-21(23)12-16(13-21)19(27)24-17-6-9-20(10-7-17)11-8-18(26)25(20)14-15-4-2-1-3-5-15/h1-5,16-17H,6-14H2,(H,24,27). The zero-order chi connectivity index (χ0) is 19.1. The first-order valence-corrected chi connectivity index (χ1v) is 9.90. The summed E-state index contributed by atoms with van der Waals surface area (Å²) in [7, 11) is 0. The van der Waals surface area contributed by atoms with Crippen LogP contribution in [0.25, 0.3) is 0 Å². The van der Waals surface area contributed by atoms with Gasteiger partial charge in [-0.1, -0.05) is 30.3 Å². The molecule has 1 aromatic carbocycles. The summed E-state index contributed by atoms with van der Waals surface area (Å²) >= 11 is 0. The maximum Gasteiger partial charge on any atom is 0.249 e. The van der Waals surface area contributed by atoms with Gasteiger partial charge in [-0.2, -0.15) is 0 Å². The summed E-state index contributed by atoms with van der Waals surface area (Å²) < 4.78 is 25.9. The van der Waals surface area contributed by atoms with Gasteiger partial charge in [-0.25, -0.2) is 8.78 Å². The van der Waals surface area contributed by atoms with Gasteiger partial charge < -0.3 is 10.2 Å². The molecule has 0 atom stereocenters. The van der Waals surface area contributed by atoms with E-state index in [1.807, 2.05) is 35.2 Å². The minimum atomic E-state index is -2.67. The van der Waals surface area contributed by atoms with E-state index in [2.05, 4.69) is 5.32 Å². The van der Waals surface area contributed by atoms with Crippen LogP contribution in [-0.2, 0) is 16.1 Å². The van der Waals surface area contributed by atoms with E-state index < -0.39 is 11.8 Å². The molecule has 6 heteroatoms. The Kier molecular flexibility index (Phi) is 4.68. The Morgan fingerprint density at radius 2 is 1.78 bits per heavy atom. The maximum absolute atomic E-state index is 13.0. The van der Waals surface area contributed by atoms with Gasteiger partial charge >= 0.3 is 0 Å². The average Bonchev–Trinajstić information content (AvgIpc) is 2.92. The van der Waals surface area contributed by atoms with Crippen molar-refractivity contribution in [2.24, 2.45) is 5.92 Å². The van der Waals surface area contributed by atoms with Crippen LogP contribution in [0.3, 0.4) is 0 Å². The quantitative estimate of drug-likeness (QED) is 0.872. The number of carbonyl (C=O) groups is 2. The number of likely N-dealkylation sites (tertiary alicyclic amines) is 1. The van der Waals surface area contributed by atoms with Gasteiger partial charge in [0.05, 0.1) is 0 Å². The van der Waals surface area contributed by atoms with Gasteiger partial charge in [0.1, 0.15) is 0 Å². The van der Waals surface area contributed by atoms with Gasteiger partial charge in [0.25, 0.3) is 0 Å². The van der Waals surface area contributed by atoms with E-state index in [0.717, 1.165) is 37.7 Å². The summed E-state index contributed by atoms with van der Waals surface area (Å²) in [5, 5.41) is 2.96. The third-order valence-electron chi connectivity index (χ3n) is 6.58. The molecular weight excluding hydrogens is 350 g/mol. The fraction of sp³-hybridized carbons (Fsp3) is 0.619. The van der Waals surface area contributed by atoms with Crippen LogP contribution in [0, 0.1) is 5.92 Å². The van der Waals surface area contributed by atoms with E-state index in [0.29, 0.717) is 13.0 Å². The van der Waals surface area contributed by atoms with E-state index in [9.17, 15) is 18.4 Å². The predicted molar refractivity (Wildman–Crippen MR) is 97.0 cm³/mol. The normalized spacial score (nSPS) is 26.8. The molecule has 3 aliphatic rings. The highest BCUT2D eigenvalue weighted by molar-refractivity contribution is 5.80. The monoisotopic (exact) mass is 376 g/mol. The number of alkyl halides is 2. The highest BCUT2D eigenvalue weighted by atomic mass is 19.3. The molecule has 4 nitrogen and oxygen atoms in total. The first kappa shape index (κ1) is 18.4. The van der Waals surface area contributed by atoms with Crippen molar-refractivity contribution in [3.63, 3.8) is 0 Å². The minimum Gasteiger partial charge on any atom is -0.353 e. The lowest BCUT2D eigenvalue weighted by Gasteiger charge is -2.44. The minimum absolute atomic E-state index is 0.0339. The summed E-state index contributed by atoms with van der Waals surface area (Å²) in [5.41, 5.74) is 1.02. The van der Waals surface area contributed by atoms with Crippen LogP contribution in [0.4, 0.5) is 8.78 Å². The molecule has 0 radical (unpaired) electrons. The molecule has 2 amide bonds. The summed E-state index contributed by atoms with van der Waals surface area (Å²) in [6.45, 7) is 0.633. The summed E-state index contributed by atoms with van der Waals surface area (Å²) in [4.78, 5) is 26.7. The molecule has 27 heavy (non-hydrogen) atoms. The third kappa shape index (κ3) is 3.71. The van der Waals surface area contributed by atoms with E-state index >= 15 is 0 Å². The molecule has 4 rings (SSSR count). The first-order chi connectivity index (χ1) is 12.9. The molecule has 1 aliphatic heterocycles. The number of carbonyl (C=O) groups excluding carboxylic acids is 2. The van der Waals surface area contributed by atoms with Crippen molar-refractivity contribution in [2.45, 2.75) is 75.4 Å². The second kappa shape index (κ2) is 6.88. The average molecular weight is 376 g/mol. The van der Waals surface area contributed by atoms with Crippen molar-refractivity contribution < 1.29 is 18.4 Å². The molecular formula is C21H26F2N2O2. The molecule has 1 aromatic rings. The number of nitrogens with zero attached hydrogens (tertiary/aromatic N) is 1. The number of rotatable bonds is 4. The number of nitrogens with one attached hydrogen (secondary N) is 1. The van der Waals surface area contributed by atoms with E-state index in [-0.39, 0.29) is 36.2 Å². The molecule has 146 valence electrons. The van der Waals surface area contributed by atoms with Crippen LogP contribution in [0.2, 0.25) is 0 Å². The van der Waals surface area contributed by atoms with Crippen LogP contribution in [0.5, 0.6) is 0 Å². The molecule has 2 aliphatic carbocycles. The molecule has 0 unspecified atom stereocenters. The number of benzene rings is 1. The fourth-order valence-corrected chi connectivity index (χ4v) is 4.88. The van der Waals surface area contributed by atoms with Crippen LogP contribution < -0.4 is 5.32 Å². The number of hydrogen-bond acceptors (Lipinski definition) is 2. The Morgan fingerprint density at radius 1 is 1.11 bits per heavy atom. The van der Waals surface area contributed by atoms with E-state index in [1.54, 1.807) is 0 Å². The molecule has 1 saturated heterocycles. The van der Waals surface area contributed by atoms with Crippen molar-refractivity contribution in [3.8, 4) is 0 Å². The maximum atomic E-state index is 13.0. The van der Waals surface area contributed by atoms with Gasteiger partial charge in [0.2, 0.25) is 17.7 Å². The van der Waals surface area contributed by atoms with Crippen molar-refractivity contribution >= 4 is 11.8 Å². The zero-order valence-electron chi connectivity index (χ0n) is 15.4. The Morgan fingerprint density at radius 3 is 2.41 bits per heavy atom. The van der Waals surface area contributed by atoms with Crippen molar-refractivity contribution in [1.29, 1.82) is 0 Å². The van der Waals surface area contributed by atoms with Crippen LogP contribution in [0.1, 0.15) is 56.9 Å². The van der Waals surface area contributed by atoms with Crippen molar-refractivity contribution in [3.05, 3.63) is 35.9 Å². The molecule has 1 spiro atoms. The number of amides is 2. The third-order valence-corrected chi connectivity index (χ3v) is 6.58. The highest BCUT2D eigenvalue weighted by Gasteiger charge is 2.50. The van der Waals surface area contributed by atoms with E-state index in [4.69, 9.17) is 0 Å². The Bertz CT molecular complexity index is 706. The number of hydrogen-bond donors (Lipinski definition) is 1. The molecule has 1 heterocycles. The first-order valence-electron chi connectivity index (χ1n) is 9.90. The molecule has 2 saturated carbocycles. The van der Waals surface area contributed by atoms with Crippen LogP contribution in [0.15, 0.2) is 30.3 Å². The van der Waals surface area contributed by atoms with Gasteiger partial charge in [-0.3, -0.25) is 9.59 Å². The van der Waals surface area contributed by atoms with Gasteiger partial charge in [0.15, 0.2) is 0 Å². The van der Waals surface area contributed by atoms with Gasteiger partial charge in [-0.05, 0) is 37.7 Å². The SMILES string of the molecule is O=C(NC1CCC2(CCC(=O)N2Cc2ccccc2)CC1)C1CC(F)(F)C1. The van der Waals surface area contributed by atoms with Crippen LogP contribution in [-0.4, -0.2) is 34.2 Å². The Balaban J connectivity index is 1.34. The smallest absolute Gasteiger partial charge is 0.249 e. The summed E-state index contributed by atoms with van der Waals surface area (Å²) in [5.74, 6) is -3.23. The number of halogens is 2. The van der Waals surface area contributed by atoms with E-state index in [1.165, 1.54) is 0 Å². The molecule has 1 N–H and O–H groups in total. The molecule has 0 bridgehead atoms. The van der Waals surface area contributed by atoms with Gasteiger partial charge in [-0.15, -0.1) is 0 Å². The highest BCUT2D eigenvalue weighted by Crippen LogP contribution is 2.44. The lowest BCUT2D eigenvalue weighted by atomic mass is 9.76. The summed E-state index contributed by atoms with van der Waals surface area (Å²) in [6.07, 6.45) is 4.12. The van der Waals surface area contributed by atoms with Crippen molar-refractivity contribution in [2.75, 3.05) is 0 Å². The summed E-state index contributed by atoms with van der Waals surface area (Å²) in [6, 6.07) is 10.1. The topological polar surface area (TPSA) is 49.4 Å². The molecule has 3 fully saturated rings. The Labute approximate surface area is 158 Å². The Hall–Kier alpha value is -1.98. The second-order valence-corrected chi connectivity index (χ2v) is 8.43. The van der Waals surface area contributed by atoms with Crippen LogP contribution >= 0.6 is 0 Å². The van der Waals surface area contributed by atoms with Crippen molar-refractivity contribution in [1.82, 2.24) is 10.2 Å². The largest absolute Gasteiger partial charge is 0.353 e. The molecule has 0 aromatic heterocycles.